The van der Waals surface area contributed by atoms with Crippen LogP contribution in [0.5, 0.6) is 0 Å². The van der Waals surface area contributed by atoms with Gasteiger partial charge < -0.3 is 4.74 Å². The molecule has 0 aliphatic carbocycles. The van der Waals surface area contributed by atoms with Gasteiger partial charge in [0.2, 0.25) is 5.16 Å². The summed E-state index contributed by atoms with van der Waals surface area (Å²) in [5.41, 5.74) is 2.93. The Kier molecular flexibility index (Phi) is 5.68. The predicted molar refractivity (Wildman–Crippen MR) is 100 cm³/mol. The lowest BCUT2D eigenvalue weighted by atomic mass is 10.0. The van der Waals surface area contributed by atoms with Crippen LogP contribution in [0.1, 0.15) is 36.1 Å². The van der Waals surface area contributed by atoms with Crippen LogP contribution in [-0.2, 0) is 9.53 Å². The number of rotatable bonds is 6. The van der Waals surface area contributed by atoms with Crippen LogP contribution in [0.3, 0.4) is 0 Å². The lowest BCUT2D eigenvalue weighted by Gasteiger charge is -2.14. The van der Waals surface area contributed by atoms with E-state index in [9.17, 15) is 4.79 Å². The molecule has 7 heteroatoms. The first kappa shape index (κ1) is 18.1. The van der Waals surface area contributed by atoms with E-state index in [0.717, 1.165) is 11.3 Å². The SMILES string of the molecule is COC(=O)C(Sc1nnnn1-c1ccc(C(C)C)cc1)c1ccccc1. The second-order valence-electron chi connectivity index (χ2n) is 6.05. The zero-order chi connectivity index (χ0) is 18.5. The van der Waals surface area contributed by atoms with Crippen molar-refractivity contribution in [2.24, 2.45) is 0 Å². The van der Waals surface area contributed by atoms with E-state index in [0.29, 0.717) is 11.1 Å². The molecular weight excluding hydrogens is 348 g/mol. The van der Waals surface area contributed by atoms with E-state index in [1.165, 1.54) is 24.4 Å². The van der Waals surface area contributed by atoms with E-state index in [2.05, 4.69) is 41.5 Å². The van der Waals surface area contributed by atoms with Crippen LogP contribution >= 0.6 is 11.8 Å². The van der Waals surface area contributed by atoms with Crippen LogP contribution < -0.4 is 0 Å². The van der Waals surface area contributed by atoms with Gasteiger partial charge in [-0.05, 0) is 39.6 Å². The van der Waals surface area contributed by atoms with Gasteiger partial charge in [-0.25, -0.2) is 0 Å². The summed E-state index contributed by atoms with van der Waals surface area (Å²) in [5, 5.41) is 11.9. The first-order valence-corrected chi connectivity index (χ1v) is 9.16. The van der Waals surface area contributed by atoms with Crippen molar-refractivity contribution in [3.63, 3.8) is 0 Å². The van der Waals surface area contributed by atoms with Crippen molar-refractivity contribution in [2.75, 3.05) is 7.11 Å². The van der Waals surface area contributed by atoms with E-state index >= 15 is 0 Å². The molecule has 0 amide bonds. The first-order chi connectivity index (χ1) is 12.6. The van der Waals surface area contributed by atoms with E-state index in [1.54, 1.807) is 4.68 Å². The number of hydrogen-bond donors (Lipinski definition) is 0. The zero-order valence-electron chi connectivity index (χ0n) is 14.9. The predicted octanol–water partition coefficient (Wildman–Crippen LogP) is 3.79. The second-order valence-corrected chi connectivity index (χ2v) is 7.12. The third-order valence-corrected chi connectivity index (χ3v) is 5.15. The third kappa shape index (κ3) is 3.94. The molecule has 0 fully saturated rings. The number of hydrogen-bond acceptors (Lipinski definition) is 6. The molecule has 0 bridgehead atoms. The summed E-state index contributed by atoms with van der Waals surface area (Å²) in [4.78, 5) is 12.3. The summed E-state index contributed by atoms with van der Waals surface area (Å²) in [6.45, 7) is 4.29. The molecule has 0 saturated heterocycles. The van der Waals surface area contributed by atoms with Gasteiger partial charge in [0.05, 0.1) is 12.8 Å². The highest BCUT2D eigenvalue weighted by atomic mass is 32.2. The summed E-state index contributed by atoms with van der Waals surface area (Å²) in [7, 11) is 1.38. The van der Waals surface area contributed by atoms with Gasteiger partial charge in [-0.15, -0.1) is 5.10 Å². The summed E-state index contributed by atoms with van der Waals surface area (Å²) < 4.78 is 6.60. The standard InChI is InChI=1S/C19H20N4O2S/c1-13(2)14-9-11-16(12-10-14)23-19(20-21-22-23)26-17(18(24)25-3)15-7-5-4-6-8-15/h4-13,17H,1-3H3. The number of thioether (sulfide) groups is 1. The Morgan fingerprint density at radius 3 is 2.35 bits per heavy atom. The molecule has 2 aromatic carbocycles. The van der Waals surface area contributed by atoms with Gasteiger partial charge in [0, 0.05) is 0 Å². The molecule has 0 aliphatic heterocycles. The second kappa shape index (κ2) is 8.14. The molecule has 6 nitrogen and oxygen atoms in total. The van der Waals surface area contributed by atoms with Crippen LogP contribution in [0.4, 0.5) is 0 Å². The summed E-state index contributed by atoms with van der Waals surface area (Å²) in [6, 6.07) is 17.5. The molecule has 26 heavy (non-hydrogen) atoms. The number of methoxy groups -OCH3 is 1. The Labute approximate surface area is 156 Å². The maximum atomic E-state index is 12.3. The molecule has 1 unspecified atom stereocenters. The normalized spacial score (nSPS) is 12.2. The summed E-state index contributed by atoms with van der Waals surface area (Å²) in [5.74, 6) is 0.111. The number of carbonyl (C=O) groups is 1. The molecule has 0 radical (unpaired) electrons. The molecular formula is C19H20N4O2S. The smallest absolute Gasteiger partial charge is 0.323 e. The van der Waals surface area contributed by atoms with Crippen molar-refractivity contribution < 1.29 is 9.53 Å². The number of esters is 1. The monoisotopic (exact) mass is 368 g/mol. The number of benzene rings is 2. The summed E-state index contributed by atoms with van der Waals surface area (Å²) >= 11 is 1.27. The van der Waals surface area contributed by atoms with E-state index < -0.39 is 5.25 Å². The Morgan fingerprint density at radius 1 is 1.04 bits per heavy atom. The number of carbonyl (C=O) groups excluding carboxylic acids is 1. The number of ether oxygens (including phenoxy) is 1. The minimum Gasteiger partial charge on any atom is -0.468 e. The van der Waals surface area contributed by atoms with Gasteiger partial charge in [0.1, 0.15) is 5.25 Å². The van der Waals surface area contributed by atoms with Crippen molar-refractivity contribution in [2.45, 2.75) is 30.2 Å². The van der Waals surface area contributed by atoms with Gasteiger partial charge >= 0.3 is 5.97 Å². The lowest BCUT2D eigenvalue weighted by molar-refractivity contribution is -0.140. The zero-order valence-corrected chi connectivity index (χ0v) is 15.7. The molecule has 0 spiro atoms. The van der Waals surface area contributed by atoms with Gasteiger partial charge in [-0.1, -0.05) is 68.1 Å². The van der Waals surface area contributed by atoms with E-state index in [4.69, 9.17) is 4.74 Å². The topological polar surface area (TPSA) is 69.9 Å². The van der Waals surface area contributed by atoms with Crippen molar-refractivity contribution in [3.8, 4) is 5.69 Å². The fourth-order valence-electron chi connectivity index (χ4n) is 2.51. The van der Waals surface area contributed by atoms with Gasteiger partial charge in [0.15, 0.2) is 0 Å². The molecule has 1 heterocycles. The van der Waals surface area contributed by atoms with Gasteiger partial charge in [-0.2, -0.15) is 4.68 Å². The largest absolute Gasteiger partial charge is 0.468 e. The molecule has 1 aromatic heterocycles. The average Bonchev–Trinajstić information content (AvgIpc) is 3.14. The molecule has 0 saturated carbocycles. The highest BCUT2D eigenvalue weighted by molar-refractivity contribution is 8.00. The highest BCUT2D eigenvalue weighted by Gasteiger charge is 2.26. The Bertz CT molecular complexity index is 863. The van der Waals surface area contributed by atoms with Crippen LogP contribution in [-0.4, -0.2) is 33.3 Å². The Hall–Kier alpha value is -2.67. The lowest BCUT2D eigenvalue weighted by Crippen LogP contribution is -2.12. The maximum absolute atomic E-state index is 12.3. The van der Waals surface area contributed by atoms with Crippen LogP contribution in [0.2, 0.25) is 0 Å². The molecule has 0 aliphatic rings. The third-order valence-electron chi connectivity index (χ3n) is 3.99. The molecule has 3 rings (SSSR count). The Balaban J connectivity index is 1.90. The first-order valence-electron chi connectivity index (χ1n) is 8.28. The summed E-state index contributed by atoms with van der Waals surface area (Å²) in [6.07, 6.45) is 0. The number of aromatic nitrogens is 4. The van der Waals surface area contributed by atoms with Gasteiger partial charge in [-0.3, -0.25) is 4.79 Å². The maximum Gasteiger partial charge on any atom is 0.323 e. The van der Waals surface area contributed by atoms with Crippen molar-refractivity contribution in [1.82, 2.24) is 20.2 Å². The van der Waals surface area contributed by atoms with Crippen molar-refractivity contribution in [1.29, 1.82) is 0 Å². The van der Waals surface area contributed by atoms with Crippen LogP contribution in [0.25, 0.3) is 5.69 Å². The highest BCUT2D eigenvalue weighted by Crippen LogP contribution is 2.35. The minimum atomic E-state index is -0.541. The number of tetrazole rings is 1. The fourth-order valence-corrected chi connectivity index (χ4v) is 3.53. The molecule has 3 aromatic rings. The molecule has 134 valence electrons. The average molecular weight is 368 g/mol. The van der Waals surface area contributed by atoms with E-state index in [-0.39, 0.29) is 5.97 Å². The molecule has 0 N–H and O–H groups in total. The fraction of sp³-hybridized carbons (Fsp3) is 0.263. The van der Waals surface area contributed by atoms with Crippen molar-refractivity contribution in [3.05, 3.63) is 65.7 Å². The molecule has 1 atom stereocenters. The van der Waals surface area contributed by atoms with Crippen LogP contribution in [0, 0.1) is 0 Å². The minimum absolute atomic E-state index is 0.342. The van der Waals surface area contributed by atoms with Crippen LogP contribution in [0.15, 0.2) is 59.8 Å². The number of nitrogens with zero attached hydrogens (tertiary/aromatic N) is 4. The quantitative estimate of drug-likeness (QED) is 0.487. The van der Waals surface area contributed by atoms with Gasteiger partial charge in [0.25, 0.3) is 0 Å². The van der Waals surface area contributed by atoms with E-state index in [1.807, 2.05) is 42.5 Å². The Morgan fingerprint density at radius 2 is 1.73 bits per heavy atom. The van der Waals surface area contributed by atoms with Crippen molar-refractivity contribution >= 4 is 17.7 Å².